The largest absolute Gasteiger partial charge is 0.472 e. The van der Waals surface area contributed by atoms with Gasteiger partial charge in [-0.3, -0.25) is 9.48 Å². The number of morpholine rings is 1. The minimum atomic E-state index is -0.605. The van der Waals surface area contributed by atoms with Crippen molar-refractivity contribution in [2.24, 2.45) is 7.05 Å². The second-order valence-electron chi connectivity index (χ2n) is 12.6. The summed E-state index contributed by atoms with van der Waals surface area (Å²) >= 11 is 13.5. The summed E-state index contributed by atoms with van der Waals surface area (Å²) in [6.45, 7) is 1.16. The molecule has 3 aliphatic heterocycles. The summed E-state index contributed by atoms with van der Waals surface area (Å²) < 4.78 is 34.7. The Morgan fingerprint density at radius 1 is 0.959 bits per heavy atom. The van der Waals surface area contributed by atoms with Crippen LogP contribution in [0.3, 0.4) is 0 Å². The molecule has 1 aromatic heterocycles. The number of carbonyl (C=O) groups excluding carboxylic acids is 2. The van der Waals surface area contributed by atoms with E-state index in [1.165, 1.54) is 18.1 Å². The van der Waals surface area contributed by atoms with E-state index in [-0.39, 0.29) is 52.1 Å². The molecule has 2 bridgehead atoms. The maximum absolute atomic E-state index is 15.9. The van der Waals surface area contributed by atoms with Crippen LogP contribution in [0.4, 0.5) is 10.1 Å². The van der Waals surface area contributed by atoms with Crippen molar-refractivity contribution < 1.29 is 28.2 Å². The van der Waals surface area contributed by atoms with Crippen LogP contribution in [0.25, 0.3) is 33.2 Å². The van der Waals surface area contributed by atoms with Gasteiger partial charge in [0.2, 0.25) is 0 Å². The normalized spacial score (nSPS) is 18.4. The third-order valence-electron chi connectivity index (χ3n) is 9.77. The number of rotatable bonds is 5. The molecule has 4 aromatic carbocycles. The predicted molar refractivity (Wildman–Crippen MR) is 185 cm³/mol. The molecule has 12 heteroatoms. The molecular weight excluding hydrogens is 670 g/mol. The Bertz CT molecular complexity index is 2130. The Labute approximate surface area is 291 Å². The van der Waals surface area contributed by atoms with Gasteiger partial charge in [-0.2, -0.15) is 5.10 Å². The standard InChI is InChI=1S/C37H31Cl2FN4O5/c1-42-32-8-4-6-24(28(32)15-41-42)21-11-29(38)34(30(39)12-21)36(45)43-16-20-5-3-7-25(35(20)49-19-43)26-14-33(27(13-31(26)40)37(46)47-2)44-22-9-10-23(44)18-48-17-22/h3-8,11-15,22-23H,9-10,16-19H2,1-2H3. The fraction of sp³-hybridized carbons (Fsp3) is 0.270. The van der Waals surface area contributed by atoms with Crippen molar-refractivity contribution in [1.82, 2.24) is 14.7 Å². The van der Waals surface area contributed by atoms with Crippen LogP contribution in [0.1, 0.15) is 39.1 Å². The summed E-state index contributed by atoms with van der Waals surface area (Å²) in [4.78, 5) is 30.4. The van der Waals surface area contributed by atoms with Crippen LogP contribution in [0.15, 0.2) is 66.9 Å². The minimum Gasteiger partial charge on any atom is -0.472 e. The van der Waals surface area contributed by atoms with Crippen molar-refractivity contribution in [3.63, 3.8) is 0 Å². The van der Waals surface area contributed by atoms with Gasteiger partial charge in [0.15, 0.2) is 6.73 Å². The highest BCUT2D eigenvalue weighted by atomic mass is 35.5. The number of nitrogens with zero attached hydrogens (tertiary/aromatic N) is 4. The van der Waals surface area contributed by atoms with E-state index >= 15 is 4.39 Å². The average Bonchev–Trinajstić information content (AvgIpc) is 3.60. The number of benzene rings is 4. The van der Waals surface area contributed by atoms with E-state index in [0.717, 1.165) is 34.9 Å². The SMILES string of the molecule is COC(=O)c1cc(F)c(-c2cccc3c2OCN(C(=O)c2c(Cl)cc(-c4cccc5c4cnn5C)cc2Cl)C3)cc1N1C2CCC1COC2. The molecule has 0 saturated carbocycles. The van der Waals surface area contributed by atoms with E-state index in [4.69, 9.17) is 37.4 Å². The highest BCUT2D eigenvalue weighted by Crippen LogP contribution is 2.44. The summed E-state index contributed by atoms with van der Waals surface area (Å²) in [5.74, 6) is -1.12. The lowest BCUT2D eigenvalue weighted by Gasteiger charge is -2.37. The molecule has 2 fully saturated rings. The van der Waals surface area contributed by atoms with E-state index in [9.17, 15) is 9.59 Å². The molecule has 4 heterocycles. The first-order chi connectivity index (χ1) is 23.7. The molecule has 2 unspecified atom stereocenters. The summed E-state index contributed by atoms with van der Waals surface area (Å²) in [5.41, 5.74) is 5.06. The van der Waals surface area contributed by atoms with Crippen molar-refractivity contribution in [3.05, 3.63) is 99.4 Å². The highest BCUT2D eigenvalue weighted by molar-refractivity contribution is 6.40. The van der Waals surface area contributed by atoms with Gasteiger partial charge >= 0.3 is 5.97 Å². The first kappa shape index (κ1) is 31.6. The molecule has 0 spiro atoms. The molecule has 1 amide bonds. The molecule has 5 aromatic rings. The number of carbonyl (C=O) groups is 2. The van der Waals surface area contributed by atoms with Gasteiger partial charge in [-0.25, -0.2) is 9.18 Å². The maximum atomic E-state index is 15.9. The number of methoxy groups -OCH3 is 1. The zero-order valence-electron chi connectivity index (χ0n) is 26.7. The van der Waals surface area contributed by atoms with Crippen molar-refractivity contribution in [1.29, 1.82) is 0 Å². The second kappa shape index (κ2) is 12.4. The Morgan fingerprint density at radius 2 is 1.67 bits per heavy atom. The van der Waals surface area contributed by atoms with Crippen LogP contribution < -0.4 is 9.64 Å². The van der Waals surface area contributed by atoms with E-state index < -0.39 is 17.7 Å². The molecule has 250 valence electrons. The molecule has 2 saturated heterocycles. The molecular formula is C37H31Cl2FN4O5. The summed E-state index contributed by atoms with van der Waals surface area (Å²) in [5, 5.41) is 5.73. The molecule has 9 nitrogen and oxygen atoms in total. The Morgan fingerprint density at radius 3 is 2.41 bits per heavy atom. The van der Waals surface area contributed by atoms with E-state index in [1.807, 2.05) is 31.3 Å². The van der Waals surface area contributed by atoms with Crippen LogP contribution >= 0.6 is 23.2 Å². The van der Waals surface area contributed by atoms with Crippen LogP contribution in [0.2, 0.25) is 10.0 Å². The smallest absolute Gasteiger partial charge is 0.340 e. The number of fused-ring (bicyclic) bond motifs is 4. The topological polar surface area (TPSA) is 86.1 Å². The maximum Gasteiger partial charge on any atom is 0.340 e. The molecule has 0 radical (unpaired) electrons. The molecule has 49 heavy (non-hydrogen) atoms. The Kier molecular flexibility index (Phi) is 7.97. The highest BCUT2D eigenvalue weighted by Gasteiger charge is 2.40. The zero-order chi connectivity index (χ0) is 34.0. The first-order valence-corrected chi connectivity index (χ1v) is 16.7. The predicted octanol–water partition coefficient (Wildman–Crippen LogP) is 7.50. The van der Waals surface area contributed by atoms with Gasteiger partial charge in [0, 0.05) is 29.1 Å². The fourth-order valence-electron chi connectivity index (χ4n) is 7.41. The van der Waals surface area contributed by atoms with Crippen LogP contribution in [-0.2, 0) is 23.1 Å². The lowest BCUT2D eigenvalue weighted by Crippen LogP contribution is -2.46. The van der Waals surface area contributed by atoms with Crippen LogP contribution in [-0.4, -0.2) is 65.7 Å². The van der Waals surface area contributed by atoms with Crippen molar-refractivity contribution >= 4 is 51.7 Å². The van der Waals surface area contributed by atoms with E-state index in [0.29, 0.717) is 35.8 Å². The summed E-state index contributed by atoms with van der Waals surface area (Å²) in [7, 11) is 3.16. The number of anilines is 1. The quantitative estimate of drug-likeness (QED) is 0.176. The lowest BCUT2D eigenvalue weighted by molar-refractivity contribution is 0.0515. The number of aryl methyl sites for hydroxylation is 1. The number of para-hydroxylation sites is 1. The number of halogens is 3. The first-order valence-electron chi connectivity index (χ1n) is 16.0. The number of esters is 1. The van der Waals surface area contributed by atoms with Gasteiger partial charge in [0.1, 0.15) is 11.6 Å². The second-order valence-corrected chi connectivity index (χ2v) is 13.4. The lowest BCUT2D eigenvalue weighted by atomic mass is 9.96. The average molecular weight is 702 g/mol. The third-order valence-corrected chi connectivity index (χ3v) is 10.4. The van der Waals surface area contributed by atoms with Crippen molar-refractivity contribution in [2.75, 3.05) is 32.0 Å². The summed E-state index contributed by atoms with van der Waals surface area (Å²) in [6.07, 6.45) is 3.63. The third kappa shape index (κ3) is 5.29. The van der Waals surface area contributed by atoms with Crippen LogP contribution in [0, 0.1) is 5.82 Å². The van der Waals surface area contributed by atoms with Gasteiger partial charge < -0.3 is 24.0 Å². The van der Waals surface area contributed by atoms with Gasteiger partial charge in [-0.15, -0.1) is 0 Å². The zero-order valence-corrected chi connectivity index (χ0v) is 28.2. The van der Waals surface area contributed by atoms with Crippen LogP contribution in [0.5, 0.6) is 5.75 Å². The molecule has 0 N–H and O–H groups in total. The number of hydrogen-bond donors (Lipinski definition) is 0. The van der Waals surface area contributed by atoms with Gasteiger partial charge in [-0.1, -0.05) is 53.5 Å². The van der Waals surface area contributed by atoms with E-state index in [2.05, 4.69) is 10.00 Å². The Hall–Kier alpha value is -4.64. The van der Waals surface area contributed by atoms with E-state index in [1.54, 1.807) is 41.2 Å². The molecule has 0 aliphatic carbocycles. The fourth-order valence-corrected chi connectivity index (χ4v) is 8.06. The minimum absolute atomic E-state index is 0.0812. The van der Waals surface area contributed by atoms with Gasteiger partial charge in [-0.05, 0) is 54.3 Å². The van der Waals surface area contributed by atoms with Crippen molar-refractivity contribution in [2.45, 2.75) is 31.5 Å². The number of hydrogen-bond acceptors (Lipinski definition) is 7. The molecule has 2 atom stereocenters. The van der Waals surface area contributed by atoms with Crippen molar-refractivity contribution in [3.8, 4) is 28.0 Å². The van der Waals surface area contributed by atoms with Gasteiger partial charge in [0.25, 0.3) is 5.91 Å². The Balaban J connectivity index is 1.11. The molecule has 8 rings (SSSR count). The molecule has 3 aliphatic rings. The number of ether oxygens (including phenoxy) is 3. The summed E-state index contributed by atoms with van der Waals surface area (Å²) in [6, 6.07) is 17.9. The monoisotopic (exact) mass is 700 g/mol. The number of aromatic nitrogens is 2. The van der Waals surface area contributed by atoms with Gasteiger partial charge in [0.05, 0.1) is 77.5 Å². The number of amides is 1.